The standard InChI is InChI=1S/C16H15NO3/c1-18-14-10-13(11-15(19-2)16(14)20-3)5-4-12-6-8-17-9-7-12/h6-11H,1-3H3. The highest BCUT2D eigenvalue weighted by molar-refractivity contribution is 5.58. The van der Waals surface area contributed by atoms with Gasteiger partial charge in [0.05, 0.1) is 21.3 Å². The molecule has 0 unspecified atom stereocenters. The third-order valence-corrected chi connectivity index (χ3v) is 2.70. The Labute approximate surface area is 118 Å². The molecule has 0 radical (unpaired) electrons. The molecule has 20 heavy (non-hydrogen) atoms. The Balaban J connectivity index is 2.41. The van der Waals surface area contributed by atoms with Crippen LogP contribution in [-0.2, 0) is 0 Å². The number of pyridine rings is 1. The molecular formula is C16H15NO3. The lowest BCUT2D eigenvalue weighted by molar-refractivity contribution is 0.324. The normalized spacial score (nSPS) is 9.35. The van der Waals surface area contributed by atoms with E-state index in [0.29, 0.717) is 17.2 Å². The summed E-state index contributed by atoms with van der Waals surface area (Å²) in [6, 6.07) is 7.33. The van der Waals surface area contributed by atoms with Gasteiger partial charge < -0.3 is 14.2 Å². The van der Waals surface area contributed by atoms with Gasteiger partial charge in [-0.1, -0.05) is 11.8 Å². The Bertz CT molecular complexity index is 617. The third kappa shape index (κ3) is 3.01. The van der Waals surface area contributed by atoms with E-state index in [1.54, 1.807) is 33.7 Å². The van der Waals surface area contributed by atoms with Crippen molar-refractivity contribution >= 4 is 0 Å². The van der Waals surface area contributed by atoms with Crippen molar-refractivity contribution < 1.29 is 14.2 Å². The molecule has 0 N–H and O–H groups in total. The summed E-state index contributed by atoms with van der Waals surface area (Å²) < 4.78 is 15.8. The average Bonchev–Trinajstić information content (AvgIpc) is 2.52. The molecule has 4 heteroatoms. The summed E-state index contributed by atoms with van der Waals surface area (Å²) in [6.45, 7) is 0. The lowest BCUT2D eigenvalue weighted by Crippen LogP contribution is -1.95. The molecule has 0 saturated heterocycles. The highest BCUT2D eigenvalue weighted by Gasteiger charge is 2.12. The van der Waals surface area contributed by atoms with Gasteiger partial charge >= 0.3 is 0 Å². The summed E-state index contributed by atoms with van der Waals surface area (Å²) in [6.07, 6.45) is 3.42. The van der Waals surface area contributed by atoms with Crippen molar-refractivity contribution in [2.75, 3.05) is 21.3 Å². The number of aromatic nitrogens is 1. The van der Waals surface area contributed by atoms with Gasteiger partial charge in [-0.2, -0.15) is 0 Å². The second-order valence-corrected chi connectivity index (χ2v) is 3.90. The van der Waals surface area contributed by atoms with E-state index < -0.39 is 0 Å². The van der Waals surface area contributed by atoms with Crippen molar-refractivity contribution in [3.63, 3.8) is 0 Å². The number of benzene rings is 1. The van der Waals surface area contributed by atoms with Gasteiger partial charge in [-0.25, -0.2) is 0 Å². The van der Waals surface area contributed by atoms with Crippen molar-refractivity contribution in [2.24, 2.45) is 0 Å². The fraction of sp³-hybridized carbons (Fsp3) is 0.188. The van der Waals surface area contributed by atoms with Crippen LogP contribution < -0.4 is 14.2 Å². The molecule has 4 nitrogen and oxygen atoms in total. The van der Waals surface area contributed by atoms with Gasteiger partial charge in [0.25, 0.3) is 0 Å². The second-order valence-electron chi connectivity index (χ2n) is 3.90. The number of ether oxygens (including phenoxy) is 3. The molecule has 1 aromatic carbocycles. The second kappa shape index (κ2) is 6.48. The number of rotatable bonds is 3. The fourth-order valence-corrected chi connectivity index (χ4v) is 1.73. The van der Waals surface area contributed by atoms with E-state index in [-0.39, 0.29) is 0 Å². The highest BCUT2D eigenvalue weighted by Crippen LogP contribution is 2.37. The maximum atomic E-state index is 5.29. The molecule has 0 aliphatic carbocycles. The van der Waals surface area contributed by atoms with E-state index in [4.69, 9.17) is 14.2 Å². The summed E-state index contributed by atoms with van der Waals surface area (Å²) in [7, 11) is 4.73. The quantitative estimate of drug-likeness (QED) is 0.803. The Kier molecular flexibility index (Phi) is 4.46. The van der Waals surface area contributed by atoms with Gasteiger partial charge in [0, 0.05) is 23.5 Å². The summed E-state index contributed by atoms with van der Waals surface area (Å²) in [5.41, 5.74) is 1.69. The summed E-state index contributed by atoms with van der Waals surface area (Å²) in [5.74, 6) is 7.86. The number of hydrogen-bond acceptors (Lipinski definition) is 4. The van der Waals surface area contributed by atoms with Crippen LogP contribution in [0.25, 0.3) is 0 Å². The zero-order chi connectivity index (χ0) is 14.4. The Hall–Kier alpha value is -2.67. The van der Waals surface area contributed by atoms with E-state index in [0.717, 1.165) is 11.1 Å². The topological polar surface area (TPSA) is 40.6 Å². The van der Waals surface area contributed by atoms with Crippen LogP contribution in [0.1, 0.15) is 11.1 Å². The Morgan fingerprint density at radius 1 is 0.800 bits per heavy atom. The predicted octanol–water partition coefficient (Wildman–Crippen LogP) is 2.51. The summed E-state index contributed by atoms with van der Waals surface area (Å²) >= 11 is 0. The first kappa shape index (κ1) is 13.8. The SMILES string of the molecule is COc1cc(C#Cc2ccncc2)cc(OC)c1OC. The molecule has 0 aliphatic heterocycles. The Morgan fingerprint density at radius 3 is 1.85 bits per heavy atom. The lowest BCUT2D eigenvalue weighted by atomic mass is 10.1. The first-order chi connectivity index (χ1) is 9.78. The molecule has 102 valence electrons. The van der Waals surface area contributed by atoms with Crippen molar-refractivity contribution in [1.82, 2.24) is 4.98 Å². The van der Waals surface area contributed by atoms with Gasteiger partial charge in [-0.15, -0.1) is 0 Å². The van der Waals surface area contributed by atoms with Gasteiger partial charge in [0.1, 0.15) is 0 Å². The number of hydrogen-bond donors (Lipinski definition) is 0. The third-order valence-electron chi connectivity index (χ3n) is 2.70. The van der Waals surface area contributed by atoms with Gasteiger partial charge in [0.2, 0.25) is 5.75 Å². The largest absolute Gasteiger partial charge is 0.493 e. The van der Waals surface area contributed by atoms with Gasteiger partial charge in [0.15, 0.2) is 11.5 Å². The molecule has 0 spiro atoms. The molecule has 0 fully saturated rings. The smallest absolute Gasteiger partial charge is 0.203 e. The molecule has 1 aromatic heterocycles. The monoisotopic (exact) mass is 269 g/mol. The maximum Gasteiger partial charge on any atom is 0.203 e. The van der Waals surface area contributed by atoms with E-state index in [9.17, 15) is 0 Å². The predicted molar refractivity (Wildman–Crippen MR) is 76.3 cm³/mol. The van der Waals surface area contributed by atoms with Crippen molar-refractivity contribution in [3.8, 4) is 29.1 Å². The summed E-state index contributed by atoms with van der Waals surface area (Å²) in [4.78, 5) is 3.95. The van der Waals surface area contributed by atoms with Crippen LogP contribution >= 0.6 is 0 Å². The van der Waals surface area contributed by atoms with Crippen LogP contribution in [0.5, 0.6) is 17.2 Å². The average molecular weight is 269 g/mol. The van der Waals surface area contributed by atoms with E-state index >= 15 is 0 Å². The zero-order valence-electron chi connectivity index (χ0n) is 11.6. The van der Waals surface area contributed by atoms with Crippen LogP contribution in [0.2, 0.25) is 0 Å². The molecule has 0 amide bonds. The molecule has 2 aromatic rings. The maximum absolute atomic E-state index is 5.29. The molecule has 0 aliphatic rings. The van der Waals surface area contributed by atoms with E-state index in [1.165, 1.54) is 0 Å². The molecular weight excluding hydrogens is 254 g/mol. The minimum atomic E-state index is 0.560. The molecule has 2 rings (SSSR count). The minimum absolute atomic E-state index is 0.560. The highest BCUT2D eigenvalue weighted by atomic mass is 16.5. The molecule has 0 atom stereocenters. The lowest BCUT2D eigenvalue weighted by Gasteiger charge is -2.12. The van der Waals surface area contributed by atoms with Crippen LogP contribution in [0.3, 0.4) is 0 Å². The fourth-order valence-electron chi connectivity index (χ4n) is 1.73. The molecule has 1 heterocycles. The number of nitrogens with zero attached hydrogens (tertiary/aromatic N) is 1. The zero-order valence-corrected chi connectivity index (χ0v) is 11.6. The van der Waals surface area contributed by atoms with E-state index in [1.807, 2.05) is 24.3 Å². The molecule has 0 saturated carbocycles. The molecule has 0 bridgehead atoms. The van der Waals surface area contributed by atoms with Gasteiger partial charge in [-0.05, 0) is 24.3 Å². The Morgan fingerprint density at radius 2 is 1.35 bits per heavy atom. The van der Waals surface area contributed by atoms with Crippen LogP contribution in [0.15, 0.2) is 36.7 Å². The first-order valence-corrected chi connectivity index (χ1v) is 6.00. The van der Waals surface area contributed by atoms with Crippen LogP contribution in [-0.4, -0.2) is 26.3 Å². The van der Waals surface area contributed by atoms with Crippen molar-refractivity contribution in [3.05, 3.63) is 47.8 Å². The van der Waals surface area contributed by atoms with Crippen LogP contribution in [0, 0.1) is 11.8 Å². The van der Waals surface area contributed by atoms with Crippen LogP contribution in [0.4, 0.5) is 0 Å². The summed E-state index contributed by atoms with van der Waals surface area (Å²) in [5, 5.41) is 0. The van der Waals surface area contributed by atoms with Crippen molar-refractivity contribution in [2.45, 2.75) is 0 Å². The minimum Gasteiger partial charge on any atom is -0.493 e. The van der Waals surface area contributed by atoms with Gasteiger partial charge in [-0.3, -0.25) is 4.98 Å². The van der Waals surface area contributed by atoms with E-state index in [2.05, 4.69) is 16.8 Å². The first-order valence-electron chi connectivity index (χ1n) is 6.00. The van der Waals surface area contributed by atoms with Crippen molar-refractivity contribution in [1.29, 1.82) is 0 Å². The number of methoxy groups -OCH3 is 3.